The summed E-state index contributed by atoms with van der Waals surface area (Å²) in [5, 5.41) is 90.3. The lowest BCUT2D eigenvalue weighted by Crippen LogP contribution is -2.24. The van der Waals surface area contributed by atoms with Gasteiger partial charge in [-0.05, 0) is 207 Å². The third-order valence-electron chi connectivity index (χ3n) is 22.3. The SMILES string of the molecule is CN=C(c1ccccc1)c1cccc(C)c1Pc1cc(C(C)(C)C)cc(C(C)(C)C)c1O.Cc1cc(C)c(O)c(Pc2ccccc2/C=N/N2CCCCC2)c1.Cc1ccc(O)c(Pc2ccccc2/C=N/N2CCCCC2)c1.Cc1cccc(Pc2ccccc2/C=N/N2CCCCC2)c1O.Oc1ccccc1Pc1ccccc1/C=N/N1CCCCC1. The molecule has 0 spiro atoms. The summed E-state index contributed by atoms with van der Waals surface area (Å²) in [4.78, 5) is 4.67. The standard InChI is InChI=1S/C29H36NOP.C20H25N2OP.2C19H23N2OP.C18H21N2OP/c1-19-13-12-16-22(25(30-8)20-14-10-9-11-15-20)27(19)32-24-18-21(28(2,3)4)17-23(26(24)31)29(5,6)7;1-15-12-16(2)20(23)19(13-15)24-18-9-5-4-8-17(18)14-21-22-10-6-3-7-11-22;1-15-8-7-11-18(19(15)22)23-17-10-4-3-9-16(17)14-20-21-12-5-2-6-13-21;1-15-9-10-17(22)19(13-15)23-18-8-4-3-7-16(18)14-20-21-11-5-2-6-12-21;21-16-9-3-5-11-18(16)22-17-10-4-2-8-15(17)14-19-20-12-6-1-7-13-20/h9-18,31-32H,1-8H3;4-5,8-9,12-14,23-24H,3,6-7,10-11H2,1-2H3;3-4,7-11,14,22-23H,2,5-6,12-13H2,1H3;3-4,7-10,13-14,22-23H,2,5-6,11-12H2,1H3;2-5,8-11,14,21-22H,1,6-7,12-13H2/b;21-14+;2*20-14+;19-14+. The van der Waals surface area contributed by atoms with Gasteiger partial charge in [-0.3, -0.25) is 25.0 Å². The molecule has 0 bridgehead atoms. The number of piperidine rings is 4. The Morgan fingerprint density at radius 3 is 1.13 bits per heavy atom. The molecule has 0 saturated carbocycles. The number of nitrogens with zero attached hydrogens (tertiary/aromatic N) is 9. The molecule has 4 heterocycles. The highest BCUT2D eigenvalue weighted by Gasteiger charge is 2.27. The van der Waals surface area contributed by atoms with Crippen LogP contribution >= 0.6 is 42.9 Å². The van der Waals surface area contributed by atoms with Crippen LogP contribution < -0.4 is 53.0 Å². The van der Waals surface area contributed by atoms with Crippen LogP contribution in [0.3, 0.4) is 0 Å². The average Bonchev–Trinajstić information content (AvgIpc) is 0.772. The summed E-state index contributed by atoms with van der Waals surface area (Å²) >= 11 is 0. The van der Waals surface area contributed by atoms with E-state index in [1.54, 1.807) is 12.1 Å². The maximum absolute atomic E-state index is 11.3. The number of hydrogen-bond donors (Lipinski definition) is 5. The predicted octanol–water partition coefficient (Wildman–Crippen LogP) is 19.0. The number of aryl methyl sites for hydroxylation is 5. The lowest BCUT2D eigenvalue weighted by molar-refractivity contribution is 0.240. The first-order valence-electron chi connectivity index (χ1n) is 43.9. The molecule has 5 unspecified atom stereocenters. The van der Waals surface area contributed by atoms with Gasteiger partial charge in [0.05, 0.1) is 30.6 Å². The van der Waals surface area contributed by atoms with Gasteiger partial charge in [0, 0.05) is 125 Å². The molecule has 4 aliphatic rings. The van der Waals surface area contributed by atoms with E-state index in [-0.39, 0.29) is 10.8 Å². The van der Waals surface area contributed by atoms with Crippen LogP contribution in [0.25, 0.3) is 0 Å². The molecule has 14 nitrogen and oxygen atoms in total. The zero-order valence-corrected chi connectivity index (χ0v) is 79.7. The van der Waals surface area contributed by atoms with Crippen LogP contribution in [0.5, 0.6) is 28.7 Å². The quantitative estimate of drug-likeness (QED) is 0.0367. The van der Waals surface area contributed by atoms with E-state index in [2.05, 4.69) is 217 Å². The summed E-state index contributed by atoms with van der Waals surface area (Å²) in [5.74, 6) is 1.99. The zero-order valence-electron chi connectivity index (χ0n) is 74.7. The van der Waals surface area contributed by atoms with Crippen LogP contribution in [-0.2, 0) is 10.8 Å². The number of hydrogen-bond acceptors (Lipinski definition) is 14. The summed E-state index contributed by atoms with van der Waals surface area (Å²) in [6, 6.07) is 77.7. The van der Waals surface area contributed by atoms with Gasteiger partial charge in [-0.25, -0.2) is 0 Å². The normalized spacial score (nSPS) is 15.1. The molecule has 19 heteroatoms. The van der Waals surface area contributed by atoms with E-state index in [9.17, 15) is 25.5 Å². The van der Waals surface area contributed by atoms with Crippen molar-refractivity contribution in [3.8, 4) is 28.7 Å². The van der Waals surface area contributed by atoms with Crippen molar-refractivity contribution in [1.29, 1.82) is 0 Å². The van der Waals surface area contributed by atoms with Crippen LogP contribution in [0.2, 0.25) is 0 Å². The van der Waals surface area contributed by atoms with Gasteiger partial charge in [0.2, 0.25) is 0 Å². The Morgan fingerprint density at radius 1 is 0.306 bits per heavy atom. The van der Waals surface area contributed by atoms with Crippen molar-refractivity contribution >= 4 is 127 Å². The second-order valence-corrected chi connectivity index (χ2v) is 41.0. The second-order valence-electron chi connectivity index (χ2n) is 34.4. The Labute approximate surface area is 747 Å². The molecule has 5 atom stereocenters. The van der Waals surface area contributed by atoms with E-state index < -0.39 is 0 Å². The van der Waals surface area contributed by atoms with Gasteiger partial charge in [0.25, 0.3) is 0 Å². The Bertz CT molecular complexity index is 5370. The van der Waals surface area contributed by atoms with Crippen molar-refractivity contribution in [2.45, 2.75) is 164 Å². The van der Waals surface area contributed by atoms with Crippen LogP contribution in [-0.4, -0.2) is 136 Å². The molecule has 648 valence electrons. The van der Waals surface area contributed by atoms with E-state index in [1.165, 1.54) is 126 Å². The monoisotopic (exact) mass is 1750 g/mol. The van der Waals surface area contributed by atoms with Gasteiger partial charge in [-0.2, -0.15) is 20.4 Å². The van der Waals surface area contributed by atoms with Crippen molar-refractivity contribution in [2.24, 2.45) is 25.4 Å². The van der Waals surface area contributed by atoms with E-state index >= 15 is 0 Å². The topological polar surface area (TPSA) is 176 Å². The van der Waals surface area contributed by atoms with E-state index in [4.69, 9.17) is 0 Å². The highest BCUT2D eigenvalue weighted by Crippen LogP contribution is 2.38. The van der Waals surface area contributed by atoms with Crippen molar-refractivity contribution < 1.29 is 25.5 Å². The Kier molecular flexibility index (Phi) is 36.3. The van der Waals surface area contributed by atoms with E-state index in [1.807, 2.05) is 155 Å². The molecule has 0 aliphatic carbocycles. The van der Waals surface area contributed by atoms with Crippen LogP contribution in [0.4, 0.5) is 0 Å². The first kappa shape index (κ1) is 94.8. The zero-order chi connectivity index (χ0) is 88.0. The molecule has 11 aromatic carbocycles. The maximum atomic E-state index is 11.3. The number of phenols is 5. The van der Waals surface area contributed by atoms with Crippen LogP contribution in [0, 0.1) is 34.6 Å². The predicted molar refractivity (Wildman–Crippen MR) is 542 cm³/mol. The Hall–Kier alpha value is -9.88. The first-order chi connectivity index (χ1) is 59.8. The number of phenolic OH excluding ortho intramolecular Hbond substituents is 5. The molecular formula is C105H128N9O5P5. The number of aromatic hydroxyl groups is 5. The Morgan fingerprint density at radius 2 is 0.677 bits per heavy atom. The van der Waals surface area contributed by atoms with Gasteiger partial charge in [-0.15, -0.1) is 0 Å². The number of rotatable bonds is 20. The van der Waals surface area contributed by atoms with Gasteiger partial charge in [0.15, 0.2) is 0 Å². The van der Waals surface area contributed by atoms with Crippen LogP contribution in [0.1, 0.15) is 191 Å². The number of hydrazone groups is 4. The average molecular weight is 1750 g/mol. The molecule has 4 aliphatic heterocycles. The summed E-state index contributed by atoms with van der Waals surface area (Å²) in [6.45, 7) is 31.8. The lowest BCUT2D eigenvalue weighted by atomic mass is 9.80. The minimum atomic E-state index is -0.140. The molecular weight excluding hydrogens is 1620 g/mol. The highest BCUT2D eigenvalue weighted by molar-refractivity contribution is 7.57. The fourth-order valence-corrected chi connectivity index (χ4v) is 21.5. The summed E-state index contributed by atoms with van der Waals surface area (Å²) in [6.07, 6.45) is 23.0. The smallest absolute Gasteiger partial charge is 0.127 e. The van der Waals surface area contributed by atoms with Crippen LogP contribution in [0.15, 0.2) is 256 Å². The third kappa shape index (κ3) is 28.6. The fourth-order valence-electron chi connectivity index (χ4n) is 15.1. The second kappa shape index (κ2) is 47.4. The Balaban J connectivity index is 0.000000152. The molecule has 0 aromatic heterocycles. The molecule has 15 rings (SSSR count). The molecule has 0 radical (unpaired) electrons. The van der Waals surface area contributed by atoms with Gasteiger partial charge in [-0.1, -0.05) is 290 Å². The van der Waals surface area contributed by atoms with E-state index in [0.717, 1.165) is 135 Å². The largest absolute Gasteiger partial charge is 0.507 e. The summed E-state index contributed by atoms with van der Waals surface area (Å²) < 4.78 is 0. The summed E-state index contributed by atoms with van der Waals surface area (Å²) in [5.41, 5.74) is 15.3. The first-order valence-corrected chi connectivity index (χ1v) is 48.9. The maximum Gasteiger partial charge on any atom is 0.127 e. The molecule has 4 saturated heterocycles. The van der Waals surface area contributed by atoms with Crippen molar-refractivity contribution in [2.75, 3.05) is 59.4 Å². The van der Waals surface area contributed by atoms with Crippen molar-refractivity contribution in [1.82, 2.24) is 20.0 Å². The third-order valence-corrected chi connectivity index (χ3v) is 29.4. The molecule has 124 heavy (non-hydrogen) atoms. The minimum absolute atomic E-state index is 0.00156. The van der Waals surface area contributed by atoms with Gasteiger partial charge >= 0.3 is 0 Å². The number of para-hydroxylation sites is 2. The summed E-state index contributed by atoms with van der Waals surface area (Å²) in [7, 11) is 3.91. The van der Waals surface area contributed by atoms with Crippen molar-refractivity contribution in [3.63, 3.8) is 0 Å². The van der Waals surface area contributed by atoms with E-state index in [0.29, 0.717) is 71.7 Å². The molecule has 5 N–H and O–H groups in total. The number of benzene rings is 11. The highest BCUT2D eigenvalue weighted by atomic mass is 31.1. The number of aliphatic imine (C=N–C) groups is 1. The van der Waals surface area contributed by atoms with Crippen molar-refractivity contribution in [3.05, 3.63) is 303 Å². The van der Waals surface area contributed by atoms with Gasteiger partial charge in [0.1, 0.15) is 28.7 Å². The molecule has 4 fully saturated rings. The fraction of sp³-hybridized carbons (Fsp3) is 0.324. The van der Waals surface area contributed by atoms with Gasteiger partial charge < -0.3 is 25.5 Å². The minimum Gasteiger partial charge on any atom is -0.507 e. The molecule has 0 amide bonds. The lowest BCUT2D eigenvalue weighted by Gasteiger charge is -2.28. The molecule has 11 aromatic rings.